The van der Waals surface area contributed by atoms with Crippen molar-refractivity contribution in [1.29, 1.82) is 5.26 Å². The topological polar surface area (TPSA) is 68.6 Å². The second-order valence-corrected chi connectivity index (χ2v) is 5.12. The van der Waals surface area contributed by atoms with E-state index in [-0.39, 0.29) is 5.41 Å². The van der Waals surface area contributed by atoms with Gasteiger partial charge in [-0.2, -0.15) is 5.26 Å². The molecule has 0 bridgehead atoms. The SMILES string of the molecule is CCc1c[nH]c2ncnc(N3CC(C)(C#N)C3)c12. The molecule has 5 heteroatoms. The zero-order chi connectivity index (χ0) is 12.8. The molecule has 0 spiro atoms. The number of aromatic amines is 1. The summed E-state index contributed by atoms with van der Waals surface area (Å²) in [7, 11) is 0. The summed E-state index contributed by atoms with van der Waals surface area (Å²) in [6, 6.07) is 2.36. The van der Waals surface area contributed by atoms with Gasteiger partial charge in [0.05, 0.1) is 16.9 Å². The van der Waals surface area contributed by atoms with Gasteiger partial charge in [-0.15, -0.1) is 0 Å². The molecule has 5 nitrogen and oxygen atoms in total. The van der Waals surface area contributed by atoms with E-state index in [0.717, 1.165) is 36.4 Å². The first-order valence-corrected chi connectivity index (χ1v) is 6.14. The predicted octanol–water partition coefficient (Wildman–Crippen LogP) is 1.87. The summed E-state index contributed by atoms with van der Waals surface area (Å²) in [5, 5.41) is 10.2. The van der Waals surface area contributed by atoms with Crippen molar-refractivity contribution >= 4 is 16.9 Å². The van der Waals surface area contributed by atoms with Crippen molar-refractivity contribution in [2.45, 2.75) is 20.3 Å². The van der Waals surface area contributed by atoms with Crippen LogP contribution in [-0.4, -0.2) is 28.0 Å². The summed E-state index contributed by atoms with van der Waals surface area (Å²) in [5.74, 6) is 0.950. The maximum Gasteiger partial charge on any atom is 0.143 e. The van der Waals surface area contributed by atoms with Gasteiger partial charge < -0.3 is 9.88 Å². The van der Waals surface area contributed by atoms with Gasteiger partial charge in [-0.3, -0.25) is 0 Å². The number of nitrogens with zero attached hydrogens (tertiary/aromatic N) is 4. The Morgan fingerprint density at radius 1 is 1.50 bits per heavy atom. The van der Waals surface area contributed by atoms with Gasteiger partial charge in [-0.1, -0.05) is 6.92 Å². The van der Waals surface area contributed by atoms with Crippen LogP contribution in [0, 0.1) is 16.7 Å². The molecule has 3 rings (SSSR count). The van der Waals surface area contributed by atoms with Gasteiger partial charge >= 0.3 is 0 Å². The normalized spacial score (nSPS) is 17.5. The van der Waals surface area contributed by atoms with Crippen LogP contribution >= 0.6 is 0 Å². The number of aryl methyl sites for hydroxylation is 1. The fraction of sp³-hybridized carbons (Fsp3) is 0.462. The first-order valence-electron chi connectivity index (χ1n) is 6.14. The summed E-state index contributed by atoms with van der Waals surface area (Å²) in [6.45, 7) is 5.59. The minimum Gasteiger partial charge on any atom is -0.353 e. The number of hydrogen-bond donors (Lipinski definition) is 1. The van der Waals surface area contributed by atoms with Crippen molar-refractivity contribution in [2.24, 2.45) is 5.41 Å². The molecule has 0 radical (unpaired) electrons. The average Bonchev–Trinajstić information content (AvgIpc) is 2.78. The molecule has 1 N–H and O–H groups in total. The molecule has 0 amide bonds. The predicted molar refractivity (Wildman–Crippen MR) is 69.2 cm³/mol. The molecular formula is C13H15N5. The molecule has 0 unspecified atom stereocenters. The van der Waals surface area contributed by atoms with E-state index < -0.39 is 0 Å². The van der Waals surface area contributed by atoms with Crippen molar-refractivity contribution in [3.63, 3.8) is 0 Å². The monoisotopic (exact) mass is 241 g/mol. The second-order valence-electron chi connectivity index (χ2n) is 5.12. The number of H-pyrrole nitrogens is 1. The Hall–Kier alpha value is -2.09. The number of rotatable bonds is 2. The summed E-state index contributed by atoms with van der Waals surface area (Å²) in [4.78, 5) is 14.0. The fourth-order valence-electron chi connectivity index (χ4n) is 2.54. The lowest BCUT2D eigenvalue weighted by molar-refractivity contribution is 0.335. The third-order valence-corrected chi connectivity index (χ3v) is 3.56. The zero-order valence-electron chi connectivity index (χ0n) is 10.6. The summed E-state index contributed by atoms with van der Waals surface area (Å²) in [6.07, 6.45) is 4.52. The smallest absolute Gasteiger partial charge is 0.143 e. The van der Waals surface area contributed by atoms with Gasteiger partial charge in [0, 0.05) is 19.3 Å². The third kappa shape index (κ3) is 1.46. The highest BCUT2D eigenvalue weighted by molar-refractivity contribution is 5.91. The highest BCUT2D eigenvalue weighted by Gasteiger charge is 2.40. The molecule has 0 aliphatic carbocycles. The van der Waals surface area contributed by atoms with E-state index in [0.29, 0.717) is 0 Å². The summed E-state index contributed by atoms with van der Waals surface area (Å²) < 4.78 is 0. The third-order valence-electron chi connectivity index (χ3n) is 3.56. The van der Waals surface area contributed by atoms with E-state index in [2.05, 4.69) is 32.8 Å². The van der Waals surface area contributed by atoms with E-state index in [9.17, 15) is 0 Å². The van der Waals surface area contributed by atoms with Crippen LogP contribution < -0.4 is 4.90 Å². The number of hydrogen-bond acceptors (Lipinski definition) is 4. The molecule has 0 saturated carbocycles. The minimum absolute atomic E-state index is 0.236. The lowest BCUT2D eigenvalue weighted by Crippen LogP contribution is -2.54. The van der Waals surface area contributed by atoms with Crippen LogP contribution in [0.4, 0.5) is 5.82 Å². The van der Waals surface area contributed by atoms with Crippen LogP contribution in [-0.2, 0) is 6.42 Å². The lowest BCUT2D eigenvalue weighted by atomic mass is 9.83. The Labute approximate surface area is 105 Å². The van der Waals surface area contributed by atoms with E-state index in [1.54, 1.807) is 6.33 Å². The molecule has 1 saturated heterocycles. The molecule has 2 aromatic heterocycles. The van der Waals surface area contributed by atoms with Crippen LogP contribution in [0.1, 0.15) is 19.4 Å². The highest BCUT2D eigenvalue weighted by Crippen LogP contribution is 2.36. The zero-order valence-corrected chi connectivity index (χ0v) is 10.6. The average molecular weight is 241 g/mol. The Morgan fingerprint density at radius 2 is 2.28 bits per heavy atom. The number of aromatic nitrogens is 3. The van der Waals surface area contributed by atoms with Crippen LogP contribution in [0.15, 0.2) is 12.5 Å². The number of nitrogens with one attached hydrogen (secondary N) is 1. The second kappa shape index (κ2) is 3.70. The first kappa shape index (κ1) is 11.0. The van der Waals surface area contributed by atoms with Gasteiger partial charge in [0.15, 0.2) is 0 Å². The molecule has 0 aromatic carbocycles. The van der Waals surface area contributed by atoms with Crippen LogP contribution in [0.25, 0.3) is 11.0 Å². The fourth-order valence-corrected chi connectivity index (χ4v) is 2.54. The minimum atomic E-state index is -0.236. The lowest BCUT2D eigenvalue weighted by Gasteiger charge is -2.44. The van der Waals surface area contributed by atoms with Gasteiger partial charge in [-0.25, -0.2) is 9.97 Å². The van der Waals surface area contributed by atoms with E-state index in [1.807, 2.05) is 13.1 Å². The van der Waals surface area contributed by atoms with Crippen LogP contribution in [0.5, 0.6) is 0 Å². The molecule has 2 aromatic rings. The molecule has 3 heterocycles. The number of anilines is 1. The maximum absolute atomic E-state index is 9.07. The van der Waals surface area contributed by atoms with E-state index >= 15 is 0 Å². The Bertz CT molecular complexity index is 630. The van der Waals surface area contributed by atoms with Gasteiger partial charge in [0.2, 0.25) is 0 Å². The summed E-state index contributed by atoms with van der Waals surface area (Å²) >= 11 is 0. The highest BCUT2D eigenvalue weighted by atomic mass is 15.3. The summed E-state index contributed by atoms with van der Waals surface area (Å²) in [5.41, 5.74) is 1.87. The first-order chi connectivity index (χ1) is 8.67. The number of nitriles is 1. The van der Waals surface area contributed by atoms with Crippen molar-refractivity contribution < 1.29 is 0 Å². The van der Waals surface area contributed by atoms with Gasteiger partial charge in [-0.05, 0) is 18.9 Å². The maximum atomic E-state index is 9.07. The number of fused-ring (bicyclic) bond motifs is 1. The Balaban J connectivity index is 2.03. The molecule has 1 aliphatic rings. The quantitative estimate of drug-likeness (QED) is 0.871. The molecule has 18 heavy (non-hydrogen) atoms. The Kier molecular flexibility index (Phi) is 2.27. The largest absolute Gasteiger partial charge is 0.353 e. The van der Waals surface area contributed by atoms with E-state index in [1.165, 1.54) is 5.56 Å². The van der Waals surface area contributed by atoms with Crippen molar-refractivity contribution in [3.05, 3.63) is 18.1 Å². The standard InChI is InChI=1S/C13H15N5/c1-3-9-4-15-11-10(9)12(17-8-16-11)18-6-13(2,5-14)7-18/h4,8H,3,6-7H2,1-2H3,(H,15,16,17). The van der Waals surface area contributed by atoms with Crippen molar-refractivity contribution in [2.75, 3.05) is 18.0 Å². The molecule has 1 aliphatic heterocycles. The van der Waals surface area contributed by atoms with E-state index in [4.69, 9.17) is 5.26 Å². The Morgan fingerprint density at radius 3 is 2.94 bits per heavy atom. The van der Waals surface area contributed by atoms with Crippen molar-refractivity contribution in [1.82, 2.24) is 15.0 Å². The van der Waals surface area contributed by atoms with Crippen molar-refractivity contribution in [3.8, 4) is 6.07 Å². The molecular weight excluding hydrogens is 226 g/mol. The molecule has 1 fully saturated rings. The molecule has 92 valence electrons. The van der Waals surface area contributed by atoms with Crippen LogP contribution in [0.3, 0.4) is 0 Å². The van der Waals surface area contributed by atoms with Crippen LogP contribution in [0.2, 0.25) is 0 Å². The van der Waals surface area contributed by atoms with Gasteiger partial charge in [0.1, 0.15) is 17.8 Å². The van der Waals surface area contributed by atoms with Gasteiger partial charge in [0.25, 0.3) is 0 Å². The molecule has 0 atom stereocenters.